The van der Waals surface area contributed by atoms with E-state index in [9.17, 15) is 18.0 Å². The van der Waals surface area contributed by atoms with E-state index in [0.717, 1.165) is 18.4 Å². The number of nitrogens with zero attached hydrogens (tertiary/aromatic N) is 5. The zero-order valence-electron chi connectivity index (χ0n) is 28.4. The lowest BCUT2D eigenvalue weighted by molar-refractivity contribution is -0.155. The smallest absolute Gasteiger partial charge is 0.415 e. The Morgan fingerprint density at radius 3 is 2.17 bits per heavy atom. The lowest BCUT2D eigenvalue weighted by Crippen LogP contribution is -2.39. The van der Waals surface area contributed by atoms with Crippen LogP contribution in [-0.2, 0) is 26.0 Å². The number of hydrogen-bond donors (Lipinski definition) is 1. The summed E-state index contributed by atoms with van der Waals surface area (Å²) in [4.78, 5) is 39.1. The van der Waals surface area contributed by atoms with Crippen molar-refractivity contribution in [2.75, 3.05) is 47.2 Å². The second kappa shape index (κ2) is 15.9. The van der Waals surface area contributed by atoms with E-state index in [1.54, 1.807) is 56.9 Å². The van der Waals surface area contributed by atoms with E-state index in [-0.39, 0.29) is 35.5 Å². The van der Waals surface area contributed by atoms with Gasteiger partial charge in [0.1, 0.15) is 23.1 Å². The highest BCUT2D eigenvalue weighted by Gasteiger charge is 2.31. The molecule has 1 amide bonds. The fourth-order valence-corrected chi connectivity index (χ4v) is 6.84. The largest absolute Gasteiger partial charge is 0.458 e. The molecule has 0 unspecified atom stereocenters. The molecule has 0 radical (unpaired) electrons. The molecular formula is C34H45ClN6O6S. The van der Waals surface area contributed by atoms with Crippen LogP contribution >= 0.6 is 11.6 Å². The molecule has 0 spiro atoms. The lowest BCUT2D eigenvalue weighted by Gasteiger charge is -2.29. The number of anilines is 3. The number of likely N-dealkylation sites (tertiary alicyclic amines) is 1. The molecule has 1 fully saturated rings. The number of rotatable bonds is 13. The Morgan fingerprint density at radius 1 is 0.979 bits per heavy atom. The lowest BCUT2D eigenvalue weighted by atomic mass is 10.0. The maximum atomic E-state index is 13.9. The van der Waals surface area contributed by atoms with E-state index >= 15 is 0 Å². The Balaban J connectivity index is 1.71. The molecule has 1 saturated heterocycles. The molecule has 1 aromatic heterocycles. The summed E-state index contributed by atoms with van der Waals surface area (Å²) < 4.78 is 40.3. The van der Waals surface area contributed by atoms with Gasteiger partial charge in [-0.15, -0.1) is 0 Å². The number of amides is 1. The van der Waals surface area contributed by atoms with Crippen molar-refractivity contribution in [2.24, 2.45) is 0 Å². The Morgan fingerprint density at radius 2 is 1.60 bits per heavy atom. The molecule has 48 heavy (non-hydrogen) atoms. The molecular weight excluding hydrogens is 656 g/mol. The van der Waals surface area contributed by atoms with Crippen molar-refractivity contribution in [3.05, 3.63) is 65.3 Å². The molecule has 0 saturated carbocycles. The van der Waals surface area contributed by atoms with E-state index in [1.807, 2.05) is 18.7 Å². The molecule has 14 heteroatoms. The Kier molecular flexibility index (Phi) is 12.1. The minimum Gasteiger partial charge on any atom is -0.458 e. The molecule has 1 aliphatic rings. The number of halogens is 1. The summed E-state index contributed by atoms with van der Waals surface area (Å²) in [6, 6.07) is 11.8. The highest BCUT2D eigenvalue weighted by molar-refractivity contribution is 7.92. The number of carbonyl (C=O) groups excluding carboxylic acids is 2. The summed E-state index contributed by atoms with van der Waals surface area (Å²) in [6.45, 7) is 13.6. The number of nitrogens with one attached hydrogen (secondary N) is 1. The van der Waals surface area contributed by atoms with Gasteiger partial charge in [-0.25, -0.2) is 23.0 Å². The van der Waals surface area contributed by atoms with Crippen LogP contribution in [-0.4, -0.2) is 79.7 Å². The highest BCUT2D eigenvalue weighted by atomic mass is 35.5. The molecule has 3 aromatic rings. The van der Waals surface area contributed by atoms with Gasteiger partial charge >= 0.3 is 12.1 Å². The van der Waals surface area contributed by atoms with Gasteiger partial charge in [0, 0.05) is 44.2 Å². The second-order valence-corrected chi connectivity index (χ2v) is 14.6. The quantitative estimate of drug-likeness (QED) is 0.207. The molecule has 0 bridgehead atoms. The van der Waals surface area contributed by atoms with Crippen LogP contribution in [0.4, 0.5) is 22.2 Å². The first-order chi connectivity index (χ1) is 22.7. The van der Waals surface area contributed by atoms with Gasteiger partial charge in [0.05, 0.1) is 11.1 Å². The predicted octanol–water partition coefficient (Wildman–Crippen LogP) is 6.15. The average molecular weight is 701 g/mol. The summed E-state index contributed by atoms with van der Waals surface area (Å²) >= 11 is 6.04. The minimum atomic E-state index is -4.07. The third-order valence-electron chi connectivity index (χ3n) is 7.70. The molecule has 0 aliphatic carbocycles. The number of aromatic nitrogens is 2. The zero-order chi connectivity index (χ0) is 35.1. The molecule has 2 heterocycles. The first-order valence-electron chi connectivity index (χ1n) is 16.2. The number of hydrogen-bond acceptors (Lipinski definition) is 10. The molecule has 12 nitrogen and oxygen atoms in total. The highest BCUT2D eigenvalue weighted by Crippen LogP contribution is 2.32. The van der Waals surface area contributed by atoms with Crippen LogP contribution in [0.2, 0.25) is 5.02 Å². The molecule has 1 N–H and O–H groups in total. The van der Waals surface area contributed by atoms with Crippen molar-refractivity contribution in [3.63, 3.8) is 0 Å². The number of benzene rings is 2. The van der Waals surface area contributed by atoms with Crippen molar-refractivity contribution in [1.82, 2.24) is 14.9 Å². The van der Waals surface area contributed by atoms with E-state index in [1.165, 1.54) is 34.8 Å². The van der Waals surface area contributed by atoms with E-state index in [0.29, 0.717) is 42.9 Å². The van der Waals surface area contributed by atoms with Crippen LogP contribution in [0.15, 0.2) is 59.6 Å². The summed E-state index contributed by atoms with van der Waals surface area (Å²) in [7, 11) is -4.07. The summed E-state index contributed by atoms with van der Waals surface area (Å²) in [5.41, 5.74) is 0.125. The molecule has 4 rings (SSSR count). The molecule has 260 valence electrons. The van der Waals surface area contributed by atoms with Gasteiger partial charge in [-0.2, -0.15) is 4.98 Å². The number of sulfonamides is 1. The maximum absolute atomic E-state index is 13.9. The second-order valence-electron chi connectivity index (χ2n) is 12.3. The summed E-state index contributed by atoms with van der Waals surface area (Å²) in [6.07, 6.45) is 3.15. The summed E-state index contributed by atoms with van der Waals surface area (Å²) in [5, 5.41) is 3.63. The van der Waals surface area contributed by atoms with Crippen molar-refractivity contribution >= 4 is 51.1 Å². The number of esters is 1. The van der Waals surface area contributed by atoms with Crippen LogP contribution in [0, 0.1) is 0 Å². The van der Waals surface area contributed by atoms with E-state index < -0.39 is 27.6 Å². The predicted molar refractivity (Wildman–Crippen MR) is 187 cm³/mol. The van der Waals surface area contributed by atoms with Crippen LogP contribution in [0.3, 0.4) is 0 Å². The van der Waals surface area contributed by atoms with Crippen LogP contribution < -0.4 is 19.3 Å². The first-order valence-corrected chi connectivity index (χ1v) is 18.0. The molecule has 1 aliphatic heterocycles. The minimum absolute atomic E-state index is 0.0433. The number of carbonyl (C=O) groups is 2. The van der Waals surface area contributed by atoms with Gasteiger partial charge in [-0.05, 0) is 96.3 Å². The Labute approximate surface area is 288 Å². The topological polar surface area (TPSA) is 134 Å². The first kappa shape index (κ1) is 36.7. The van der Waals surface area contributed by atoms with Gasteiger partial charge in [-0.3, -0.25) is 4.31 Å². The number of ether oxygens (including phenoxy) is 2. The van der Waals surface area contributed by atoms with E-state index in [4.69, 9.17) is 26.1 Å². The van der Waals surface area contributed by atoms with E-state index in [2.05, 4.69) is 10.3 Å². The fourth-order valence-electron chi connectivity index (χ4n) is 5.24. The van der Waals surface area contributed by atoms with Gasteiger partial charge in [0.15, 0.2) is 5.82 Å². The Hall–Kier alpha value is -4.10. The zero-order valence-corrected chi connectivity index (χ0v) is 30.0. The van der Waals surface area contributed by atoms with Crippen LogP contribution in [0.5, 0.6) is 5.75 Å². The van der Waals surface area contributed by atoms with Gasteiger partial charge in [0.2, 0.25) is 5.95 Å². The fraction of sp³-hybridized carbons (Fsp3) is 0.471. The molecule has 2 aromatic carbocycles. The van der Waals surface area contributed by atoms with Crippen molar-refractivity contribution in [3.8, 4) is 5.75 Å². The summed E-state index contributed by atoms with van der Waals surface area (Å²) in [5.74, 6) is 0.367. The third kappa shape index (κ3) is 9.28. The SMILES string of the molecule is CCN(CC)c1ncc(N(CC)S(=O)(=O)c2ccc(Cl)cc2)c(N[C@@H](Cc2ccc(OC(=O)N3CCCC3)cc2)C(=O)OC(C)(C)C)n1. The van der Waals surface area contributed by atoms with Gasteiger partial charge < -0.3 is 24.6 Å². The third-order valence-corrected chi connectivity index (χ3v) is 9.85. The monoisotopic (exact) mass is 700 g/mol. The van der Waals surface area contributed by atoms with Crippen molar-refractivity contribution in [2.45, 2.75) is 77.3 Å². The molecule has 1 atom stereocenters. The van der Waals surface area contributed by atoms with Crippen LogP contribution in [0.25, 0.3) is 0 Å². The van der Waals surface area contributed by atoms with Crippen LogP contribution in [0.1, 0.15) is 59.9 Å². The van der Waals surface area contributed by atoms with Gasteiger partial charge in [0.25, 0.3) is 10.0 Å². The van der Waals surface area contributed by atoms with Crippen molar-refractivity contribution < 1.29 is 27.5 Å². The van der Waals surface area contributed by atoms with Gasteiger partial charge in [-0.1, -0.05) is 23.7 Å². The Bertz CT molecular complexity index is 1650. The standard InChI is InChI=1S/C34H45ClN6O6S/c1-7-39(8-2)32-36-23-29(41(9-3)48(44,45)27-18-14-25(35)15-19-27)30(38-32)37-28(31(42)47-34(4,5)6)22-24-12-16-26(17-13-24)46-33(43)40-20-10-11-21-40/h12-19,23,28H,7-11,20-22H2,1-6H3,(H,36,37,38)/t28-/m0/s1. The van der Waals surface area contributed by atoms with Crippen molar-refractivity contribution in [1.29, 1.82) is 0 Å². The maximum Gasteiger partial charge on any atom is 0.415 e. The average Bonchev–Trinajstić information content (AvgIpc) is 3.58. The normalized spacial score (nSPS) is 13.9.